The summed E-state index contributed by atoms with van der Waals surface area (Å²) < 4.78 is 39.0. The topological polar surface area (TPSA) is 82.8 Å². The van der Waals surface area contributed by atoms with E-state index in [0.29, 0.717) is 16.1 Å². The molecule has 0 bridgehead atoms. The van der Waals surface area contributed by atoms with Gasteiger partial charge in [-0.05, 0) is 30.8 Å². The molecule has 1 saturated heterocycles. The van der Waals surface area contributed by atoms with Crippen molar-refractivity contribution in [3.8, 4) is 5.75 Å². The van der Waals surface area contributed by atoms with Gasteiger partial charge in [0, 0.05) is 44.5 Å². The van der Waals surface area contributed by atoms with Crippen LogP contribution in [-0.2, 0) is 16.6 Å². The SMILES string of the molecule is CCN1CCN(Cc2ccn(S(=O)(=O)c3cccc(F)c3)c(=O)c2O)CC1. The van der Waals surface area contributed by atoms with Crippen LogP contribution in [0.5, 0.6) is 5.75 Å². The van der Waals surface area contributed by atoms with E-state index < -0.39 is 27.1 Å². The summed E-state index contributed by atoms with van der Waals surface area (Å²) in [6.45, 7) is 6.85. The van der Waals surface area contributed by atoms with Crippen LogP contribution < -0.4 is 5.56 Å². The first-order valence-corrected chi connectivity index (χ1v) is 10.2. The molecule has 1 aliphatic rings. The zero-order valence-electron chi connectivity index (χ0n) is 15.0. The Labute approximate surface area is 157 Å². The molecular formula is C18H22FN3O4S. The second-order valence-corrected chi connectivity index (χ2v) is 8.28. The van der Waals surface area contributed by atoms with Crippen molar-refractivity contribution in [1.82, 2.24) is 13.8 Å². The molecule has 2 heterocycles. The second-order valence-electron chi connectivity index (χ2n) is 6.46. The van der Waals surface area contributed by atoms with Crippen molar-refractivity contribution in [1.29, 1.82) is 0 Å². The van der Waals surface area contributed by atoms with Gasteiger partial charge in [0.05, 0.1) is 4.90 Å². The van der Waals surface area contributed by atoms with Crippen LogP contribution in [0.25, 0.3) is 0 Å². The van der Waals surface area contributed by atoms with Crippen LogP contribution in [0.15, 0.2) is 46.2 Å². The van der Waals surface area contributed by atoms with Crippen molar-refractivity contribution >= 4 is 10.0 Å². The van der Waals surface area contributed by atoms with Crippen LogP contribution >= 0.6 is 0 Å². The standard InChI is InChI=1S/C18H22FN3O4S/c1-2-20-8-10-21(11-9-20)13-14-6-7-22(18(24)17(14)23)27(25,26)16-5-3-4-15(19)12-16/h3-7,12,23H,2,8-11,13H2,1H3. The molecule has 1 aliphatic heterocycles. The molecule has 1 aromatic carbocycles. The molecule has 7 nitrogen and oxygen atoms in total. The molecule has 27 heavy (non-hydrogen) atoms. The van der Waals surface area contributed by atoms with Crippen molar-refractivity contribution in [3.63, 3.8) is 0 Å². The first-order valence-electron chi connectivity index (χ1n) is 8.72. The van der Waals surface area contributed by atoms with Crippen LogP contribution in [0, 0.1) is 5.82 Å². The van der Waals surface area contributed by atoms with Crippen molar-refractivity contribution < 1.29 is 17.9 Å². The van der Waals surface area contributed by atoms with Crippen molar-refractivity contribution in [2.75, 3.05) is 32.7 Å². The minimum absolute atomic E-state index is 0.354. The molecule has 1 fully saturated rings. The van der Waals surface area contributed by atoms with Gasteiger partial charge < -0.3 is 10.0 Å². The number of halogens is 1. The molecular weight excluding hydrogens is 373 g/mol. The predicted octanol–water partition coefficient (Wildman–Crippen LogP) is 1.07. The van der Waals surface area contributed by atoms with Gasteiger partial charge in [0.15, 0.2) is 5.75 Å². The van der Waals surface area contributed by atoms with E-state index >= 15 is 0 Å². The largest absolute Gasteiger partial charge is 0.503 e. The highest BCUT2D eigenvalue weighted by Crippen LogP contribution is 2.19. The minimum Gasteiger partial charge on any atom is -0.503 e. The summed E-state index contributed by atoms with van der Waals surface area (Å²) in [6, 6.07) is 5.81. The van der Waals surface area contributed by atoms with Crippen LogP contribution in [0.4, 0.5) is 4.39 Å². The molecule has 0 spiro atoms. The van der Waals surface area contributed by atoms with E-state index in [1.165, 1.54) is 18.2 Å². The van der Waals surface area contributed by atoms with Gasteiger partial charge in [-0.1, -0.05) is 13.0 Å². The second kappa shape index (κ2) is 7.79. The highest BCUT2D eigenvalue weighted by atomic mass is 32.2. The van der Waals surface area contributed by atoms with Crippen LogP contribution in [0.3, 0.4) is 0 Å². The molecule has 0 amide bonds. The molecule has 2 aromatic rings. The van der Waals surface area contributed by atoms with Crippen LogP contribution in [0.1, 0.15) is 12.5 Å². The van der Waals surface area contributed by atoms with Crippen molar-refractivity contribution in [2.24, 2.45) is 0 Å². The summed E-state index contributed by atoms with van der Waals surface area (Å²) in [4.78, 5) is 16.5. The number of hydrogen-bond acceptors (Lipinski definition) is 6. The lowest BCUT2D eigenvalue weighted by Crippen LogP contribution is -2.45. The van der Waals surface area contributed by atoms with E-state index in [4.69, 9.17) is 0 Å². The van der Waals surface area contributed by atoms with E-state index in [0.717, 1.165) is 51.1 Å². The number of rotatable bonds is 5. The minimum atomic E-state index is -4.29. The summed E-state index contributed by atoms with van der Waals surface area (Å²) in [7, 11) is -4.29. The molecule has 1 aromatic heterocycles. The monoisotopic (exact) mass is 395 g/mol. The Morgan fingerprint density at radius 3 is 2.41 bits per heavy atom. The molecule has 0 radical (unpaired) electrons. The Balaban J connectivity index is 1.86. The van der Waals surface area contributed by atoms with Gasteiger partial charge in [0.25, 0.3) is 10.0 Å². The van der Waals surface area contributed by atoms with E-state index in [1.54, 1.807) is 0 Å². The highest BCUT2D eigenvalue weighted by molar-refractivity contribution is 7.90. The molecule has 9 heteroatoms. The first kappa shape index (κ1) is 19.5. The zero-order chi connectivity index (χ0) is 19.6. The fraction of sp³-hybridized carbons (Fsp3) is 0.389. The first-order chi connectivity index (χ1) is 12.8. The number of aromatic hydroxyl groups is 1. The molecule has 1 N–H and O–H groups in total. The number of benzene rings is 1. The van der Waals surface area contributed by atoms with Gasteiger partial charge in [0.1, 0.15) is 5.82 Å². The number of hydrogen-bond donors (Lipinski definition) is 1. The molecule has 3 rings (SSSR count). The quantitative estimate of drug-likeness (QED) is 0.816. The maximum atomic E-state index is 13.4. The third kappa shape index (κ3) is 4.05. The average Bonchev–Trinajstić information content (AvgIpc) is 2.66. The molecule has 0 aliphatic carbocycles. The summed E-state index contributed by atoms with van der Waals surface area (Å²) >= 11 is 0. The number of pyridine rings is 1. The lowest BCUT2D eigenvalue weighted by molar-refractivity contribution is 0.131. The number of aromatic nitrogens is 1. The predicted molar refractivity (Wildman–Crippen MR) is 98.7 cm³/mol. The van der Waals surface area contributed by atoms with Gasteiger partial charge in [-0.15, -0.1) is 0 Å². The maximum Gasteiger partial charge on any atom is 0.306 e. The fourth-order valence-corrected chi connectivity index (χ4v) is 4.37. The maximum absolute atomic E-state index is 13.4. The summed E-state index contributed by atoms with van der Waals surface area (Å²) in [5, 5.41) is 10.3. The van der Waals surface area contributed by atoms with Crippen LogP contribution in [-0.4, -0.2) is 60.0 Å². The van der Waals surface area contributed by atoms with E-state index in [-0.39, 0.29) is 4.90 Å². The Kier molecular flexibility index (Phi) is 5.64. The van der Waals surface area contributed by atoms with Gasteiger partial charge >= 0.3 is 5.56 Å². The normalized spacial score (nSPS) is 16.5. The smallest absolute Gasteiger partial charge is 0.306 e. The fourth-order valence-electron chi connectivity index (χ4n) is 3.11. The lowest BCUT2D eigenvalue weighted by Gasteiger charge is -2.34. The third-order valence-corrected chi connectivity index (χ3v) is 6.43. The summed E-state index contributed by atoms with van der Waals surface area (Å²) in [5.74, 6) is -1.33. The van der Waals surface area contributed by atoms with Gasteiger partial charge in [0.2, 0.25) is 0 Å². The lowest BCUT2D eigenvalue weighted by atomic mass is 10.2. The Morgan fingerprint density at radius 1 is 1.11 bits per heavy atom. The van der Waals surface area contributed by atoms with Gasteiger partial charge in [-0.3, -0.25) is 9.69 Å². The molecule has 146 valence electrons. The van der Waals surface area contributed by atoms with E-state index in [1.807, 2.05) is 0 Å². The molecule has 0 unspecified atom stereocenters. The van der Waals surface area contributed by atoms with Gasteiger partial charge in [-0.2, -0.15) is 0 Å². The third-order valence-electron chi connectivity index (χ3n) is 4.78. The average molecular weight is 395 g/mol. The molecule has 0 saturated carbocycles. The number of piperazine rings is 1. The highest BCUT2D eigenvalue weighted by Gasteiger charge is 2.23. The zero-order valence-corrected chi connectivity index (χ0v) is 15.8. The Morgan fingerprint density at radius 2 is 1.78 bits per heavy atom. The van der Waals surface area contributed by atoms with Crippen molar-refractivity contribution in [2.45, 2.75) is 18.4 Å². The summed E-state index contributed by atoms with van der Waals surface area (Å²) in [6.07, 6.45) is 1.11. The number of likely N-dealkylation sites (N-methyl/N-ethyl adjacent to an activating group) is 1. The molecule has 0 atom stereocenters. The van der Waals surface area contributed by atoms with Gasteiger partial charge in [-0.25, -0.2) is 16.8 Å². The summed E-state index contributed by atoms with van der Waals surface area (Å²) in [5.41, 5.74) is -0.667. The van der Waals surface area contributed by atoms with Crippen molar-refractivity contribution in [3.05, 3.63) is 58.3 Å². The van der Waals surface area contributed by atoms with E-state index in [9.17, 15) is 22.7 Å². The Hall–Kier alpha value is -2.23. The number of nitrogens with zero attached hydrogens (tertiary/aromatic N) is 3. The van der Waals surface area contributed by atoms with E-state index in [2.05, 4.69) is 16.7 Å². The van der Waals surface area contributed by atoms with Crippen LogP contribution in [0.2, 0.25) is 0 Å². The Bertz CT molecular complexity index is 982.